The zero-order chi connectivity index (χ0) is 15.6. The highest BCUT2D eigenvalue weighted by atomic mass is 32.2. The third kappa shape index (κ3) is 4.36. The van der Waals surface area contributed by atoms with Gasteiger partial charge >= 0.3 is 0 Å². The van der Waals surface area contributed by atoms with Crippen molar-refractivity contribution in [2.24, 2.45) is 0 Å². The highest BCUT2D eigenvalue weighted by molar-refractivity contribution is 8.00. The Morgan fingerprint density at radius 3 is 2.38 bits per heavy atom. The van der Waals surface area contributed by atoms with Crippen LogP contribution in [0.15, 0.2) is 0 Å². The van der Waals surface area contributed by atoms with Crippen LogP contribution in [0.5, 0.6) is 0 Å². The van der Waals surface area contributed by atoms with Gasteiger partial charge in [0.15, 0.2) is 5.13 Å². The highest BCUT2D eigenvalue weighted by Gasteiger charge is 2.28. The van der Waals surface area contributed by atoms with Gasteiger partial charge in [0.25, 0.3) is 0 Å². The lowest BCUT2D eigenvalue weighted by molar-refractivity contribution is 0.560. The van der Waals surface area contributed by atoms with Crippen LogP contribution in [0.2, 0.25) is 0 Å². The lowest BCUT2D eigenvalue weighted by atomic mass is 9.91. The molecule has 0 aromatic carbocycles. The number of nitrogens with one attached hydrogen (secondary N) is 1. The van der Waals surface area contributed by atoms with Crippen molar-refractivity contribution < 1.29 is 0 Å². The Bertz CT molecular complexity index is 455. The maximum absolute atomic E-state index is 5.02. The van der Waals surface area contributed by atoms with E-state index < -0.39 is 0 Å². The topological polar surface area (TPSA) is 28.2 Å². The van der Waals surface area contributed by atoms with Crippen LogP contribution < -0.4 is 10.2 Å². The summed E-state index contributed by atoms with van der Waals surface area (Å²) in [5.41, 5.74) is 1.38. The summed E-state index contributed by atoms with van der Waals surface area (Å²) >= 11 is 3.97. The molecule has 2 rings (SSSR count). The second-order valence-corrected chi connectivity index (χ2v) is 9.90. The number of nitrogens with zero attached hydrogens (tertiary/aromatic N) is 2. The van der Waals surface area contributed by atoms with Crippen molar-refractivity contribution in [2.45, 2.75) is 64.0 Å². The molecule has 2 atom stereocenters. The van der Waals surface area contributed by atoms with Gasteiger partial charge in [0.1, 0.15) is 0 Å². The van der Waals surface area contributed by atoms with Crippen molar-refractivity contribution >= 4 is 28.2 Å². The molecule has 1 aliphatic rings. The van der Waals surface area contributed by atoms with Gasteiger partial charge in [0, 0.05) is 40.4 Å². The molecule has 0 bridgehead atoms. The van der Waals surface area contributed by atoms with Crippen molar-refractivity contribution in [3.63, 3.8) is 0 Å². The Labute approximate surface area is 137 Å². The summed E-state index contributed by atoms with van der Waals surface area (Å²) in [6.45, 7) is 17.8. The maximum Gasteiger partial charge on any atom is 0.185 e. The Hall–Kier alpha value is -0.260. The minimum atomic E-state index is 0.112. The van der Waals surface area contributed by atoms with Crippen molar-refractivity contribution in [1.82, 2.24) is 10.3 Å². The molecule has 3 nitrogen and oxygen atoms in total. The summed E-state index contributed by atoms with van der Waals surface area (Å²) in [5, 5.41) is 6.05. The first-order chi connectivity index (χ1) is 9.81. The number of hydrogen-bond donors (Lipinski definition) is 1. The van der Waals surface area contributed by atoms with Crippen LogP contribution in [0.4, 0.5) is 5.13 Å². The average molecular weight is 328 g/mol. The number of thioether (sulfide) groups is 1. The van der Waals surface area contributed by atoms with Crippen molar-refractivity contribution in [1.29, 1.82) is 0 Å². The molecule has 1 aromatic heterocycles. The van der Waals surface area contributed by atoms with E-state index in [0.717, 1.165) is 26.2 Å². The van der Waals surface area contributed by atoms with Gasteiger partial charge in [-0.05, 0) is 6.54 Å². The van der Waals surface area contributed by atoms with Crippen LogP contribution in [0, 0.1) is 0 Å². The number of anilines is 1. The van der Waals surface area contributed by atoms with Crippen molar-refractivity contribution in [2.75, 3.05) is 24.5 Å². The fourth-order valence-corrected chi connectivity index (χ4v) is 5.34. The van der Waals surface area contributed by atoms with Gasteiger partial charge in [0.2, 0.25) is 0 Å². The summed E-state index contributed by atoms with van der Waals surface area (Å²) in [4.78, 5) is 8.91. The third-order valence-electron chi connectivity index (χ3n) is 3.62. The van der Waals surface area contributed by atoms with Crippen molar-refractivity contribution in [3.05, 3.63) is 10.6 Å². The van der Waals surface area contributed by atoms with E-state index in [1.54, 1.807) is 0 Å². The van der Waals surface area contributed by atoms with Crippen LogP contribution in [-0.4, -0.2) is 35.1 Å². The molecule has 1 fully saturated rings. The molecular formula is C16H29N3S2. The zero-order valence-electron chi connectivity index (χ0n) is 14.2. The standard InChI is InChI=1S/C16H29N3S2/c1-7-17-8-13-14(16(4,5)6)18-15(21-13)19-9-11(2)20-12(3)10-19/h11-12,17H,7-10H2,1-6H3. The van der Waals surface area contributed by atoms with Gasteiger partial charge in [-0.3, -0.25) is 0 Å². The summed E-state index contributed by atoms with van der Waals surface area (Å²) < 4.78 is 0. The molecule has 0 spiro atoms. The molecule has 0 amide bonds. The van der Waals surface area contributed by atoms with Crippen LogP contribution >= 0.6 is 23.1 Å². The molecular weight excluding hydrogens is 298 g/mol. The Kier molecular flexibility index (Phi) is 5.60. The summed E-state index contributed by atoms with van der Waals surface area (Å²) in [6.07, 6.45) is 0. The SMILES string of the molecule is CCNCc1sc(N2CC(C)SC(C)C2)nc1C(C)(C)C. The fourth-order valence-electron chi connectivity index (χ4n) is 2.75. The Morgan fingerprint density at radius 1 is 1.24 bits per heavy atom. The zero-order valence-corrected chi connectivity index (χ0v) is 15.8. The molecule has 1 aliphatic heterocycles. The first kappa shape index (κ1) is 17.1. The van der Waals surface area contributed by atoms with Gasteiger partial charge in [-0.15, -0.1) is 11.3 Å². The van der Waals surface area contributed by atoms with Gasteiger partial charge < -0.3 is 10.2 Å². The molecule has 21 heavy (non-hydrogen) atoms. The van der Waals surface area contributed by atoms with Crippen LogP contribution in [0.1, 0.15) is 52.1 Å². The van der Waals surface area contributed by atoms with E-state index in [1.165, 1.54) is 15.7 Å². The number of rotatable bonds is 4. The normalized spacial score (nSPS) is 23.6. The van der Waals surface area contributed by atoms with E-state index in [0.29, 0.717) is 10.5 Å². The van der Waals surface area contributed by atoms with Gasteiger partial charge in [0.05, 0.1) is 5.69 Å². The second kappa shape index (κ2) is 6.88. The predicted molar refractivity (Wildman–Crippen MR) is 96.9 cm³/mol. The first-order valence-electron chi connectivity index (χ1n) is 7.92. The predicted octanol–water partition coefficient (Wildman–Crippen LogP) is 3.88. The quantitative estimate of drug-likeness (QED) is 0.908. The lowest BCUT2D eigenvalue weighted by Gasteiger charge is -2.34. The van der Waals surface area contributed by atoms with Gasteiger partial charge in [-0.2, -0.15) is 11.8 Å². The van der Waals surface area contributed by atoms with E-state index in [9.17, 15) is 0 Å². The molecule has 0 saturated carbocycles. The number of hydrogen-bond acceptors (Lipinski definition) is 5. The summed E-state index contributed by atoms with van der Waals surface area (Å²) in [5.74, 6) is 0. The minimum absolute atomic E-state index is 0.112. The summed E-state index contributed by atoms with van der Waals surface area (Å²) in [7, 11) is 0. The average Bonchev–Trinajstić information content (AvgIpc) is 2.79. The molecule has 120 valence electrons. The van der Waals surface area contributed by atoms with Gasteiger partial charge in [-0.25, -0.2) is 4.98 Å². The smallest absolute Gasteiger partial charge is 0.185 e. The molecule has 2 unspecified atom stereocenters. The fraction of sp³-hybridized carbons (Fsp3) is 0.812. The lowest BCUT2D eigenvalue weighted by Crippen LogP contribution is -2.40. The van der Waals surface area contributed by atoms with E-state index in [1.807, 2.05) is 11.3 Å². The van der Waals surface area contributed by atoms with Crippen LogP contribution in [-0.2, 0) is 12.0 Å². The minimum Gasteiger partial charge on any atom is -0.346 e. The monoisotopic (exact) mass is 327 g/mol. The van der Waals surface area contributed by atoms with Crippen molar-refractivity contribution in [3.8, 4) is 0 Å². The van der Waals surface area contributed by atoms with Crippen LogP contribution in [0.3, 0.4) is 0 Å². The largest absolute Gasteiger partial charge is 0.346 e. The summed E-state index contributed by atoms with van der Waals surface area (Å²) in [6, 6.07) is 0. The number of thiazole rings is 1. The molecule has 5 heteroatoms. The molecule has 1 saturated heterocycles. The first-order valence-corrected chi connectivity index (χ1v) is 9.68. The molecule has 1 N–H and O–H groups in total. The Morgan fingerprint density at radius 2 is 1.86 bits per heavy atom. The van der Waals surface area contributed by atoms with E-state index in [-0.39, 0.29) is 5.41 Å². The highest BCUT2D eigenvalue weighted by Crippen LogP contribution is 2.36. The maximum atomic E-state index is 5.02. The Balaban J connectivity index is 2.25. The number of aromatic nitrogens is 1. The van der Waals surface area contributed by atoms with E-state index in [4.69, 9.17) is 4.98 Å². The third-order valence-corrected chi connectivity index (χ3v) is 5.97. The molecule has 0 radical (unpaired) electrons. The molecule has 0 aliphatic carbocycles. The van der Waals surface area contributed by atoms with Gasteiger partial charge in [-0.1, -0.05) is 41.5 Å². The molecule has 1 aromatic rings. The van der Waals surface area contributed by atoms with E-state index >= 15 is 0 Å². The molecule has 2 heterocycles. The second-order valence-electron chi connectivity index (χ2n) is 6.96. The van der Waals surface area contributed by atoms with E-state index in [2.05, 4.69) is 63.5 Å². The van der Waals surface area contributed by atoms with Crippen LogP contribution in [0.25, 0.3) is 0 Å².